The normalized spacial score (nSPS) is 10.2. The zero-order valence-electron chi connectivity index (χ0n) is 7.59. The Hall–Kier alpha value is -0.530. The highest BCUT2D eigenvalue weighted by atomic mass is 35.5. The monoisotopic (exact) mass is 215 g/mol. The Labute approximate surface area is 88.4 Å². The van der Waals surface area contributed by atoms with Gasteiger partial charge in [-0.05, 0) is 23.6 Å². The predicted molar refractivity (Wildman–Crippen MR) is 58.0 cm³/mol. The van der Waals surface area contributed by atoms with Crippen LogP contribution in [0.4, 0.5) is 0 Å². The van der Waals surface area contributed by atoms with Crippen molar-refractivity contribution in [2.45, 2.75) is 19.8 Å². The van der Waals surface area contributed by atoms with Crippen molar-refractivity contribution >= 4 is 29.3 Å². The highest BCUT2D eigenvalue weighted by Crippen LogP contribution is 2.15. The van der Waals surface area contributed by atoms with Crippen LogP contribution in [-0.2, 0) is 0 Å². The molecule has 3 heteroatoms. The van der Waals surface area contributed by atoms with Crippen LogP contribution in [-0.4, -0.2) is 4.98 Å². The first-order valence-corrected chi connectivity index (χ1v) is 4.84. The van der Waals surface area contributed by atoms with Crippen molar-refractivity contribution in [1.29, 1.82) is 0 Å². The molecule has 0 aliphatic rings. The number of hydrogen-bond donors (Lipinski definition) is 0. The van der Waals surface area contributed by atoms with E-state index in [1.165, 1.54) is 0 Å². The van der Waals surface area contributed by atoms with Crippen LogP contribution in [0.3, 0.4) is 0 Å². The van der Waals surface area contributed by atoms with Crippen LogP contribution in [0.15, 0.2) is 22.8 Å². The van der Waals surface area contributed by atoms with Gasteiger partial charge in [-0.1, -0.05) is 43.1 Å². The van der Waals surface area contributed by atoms with Crippen molar-refractivity contribution in [3.8, 4) is 0 Å². The molecule has 0 spiro atoms. The van der Waals surface area contributed by atoms with Crippen molar-refractivity contribution in [3.05, 3.63) is 34.1 Å². The lowest BCUT2D eigenvalue weighted by Gasteiger charge is -2.03. The van der Waals surface area contributed by atoms with Crippen molar-refractivity contribution in [1.82, 2.24) is 4.98 Å². The van der Waals surface area contributed by atoms with Crippen LogP contribution in [0, 0.1) is 0 Å². The van der Waals surface area contributed by atoms with Crippen molar-refractivity contribution < 1.29 is 0 Å². The molecular weight excluding hydrogens is 205 g/mol. The number of pyridine rings is 1. The van der Waals surface area contributed by atoms with Gasteiger partial charge in [-0.15, -0.1) is 0 Å². The molecule has 0 aliphatic heterocycles. The zero-order valence-corrected chi connectivity index (χ0v) is 9.10. The van der Waals surface area contributed by atoms with E-state index in [9.17, 15) is 0 Å². The summed E-state index contributed by atoms with van der Waals surface area (Å²) in [4.78, 5) is 4.27. The third-order valence-corrected chi connectivity index (χ3v) is 1.89. The maximum absolute atomic E-state index is 5.51. The molecule has 1 aromatic heterocycles. The SMILES string of the molecule is CC(C)c1ccc(C=C(Cl)Cl)cn1. The quantitative estimate of drug-likeness (QED) is 0.728. The van der Waals surface area contributed by atoms with Crippen molar-refractivity contribution in [3.63, 3.8) is 0 Å². The van der Waals surface area contributed by atoms with E-state index in [0.717, 1.165) is 11.3 Å². The third-order valence-electron chi connectivity index (χ3n) is 1.68. The topological polar surface area (TPSA) is 12.9 Å². The average Bonchev–Trinajstić information content (AvgIpc) is 2.04. The molecule has 0 fully saturated rings. The average molecular weight is 216 g/mol. The van der Waals surface area contributed by atoms with Gasteiger partial charge in [0, 0.05) is 11.9 Å². The van der Waals surface area contributed by atoms with E-state index in [1.54, 1.807) is 12.3 Å². The molecule has 13 heavy (non-hydrogen) atoms. The Morgan fingerprint density at radius 3 is 2.46 bits per heavy atom. The number of nitrogens with zero attached hydrogens (tertiary/aromatic N) is 1. The molecule has 0 bridgehead atoms. The van der Waals surface area contributed by atoms with Crippen LogP contribution < -0.4 is 0 Å². The van der Waals surface area contributed by atoms with Crippen molar-refractivity contribution in [2.75, 3.05) is 0 Å². The molecule has 0 saturated carbocycles. The Kier molecular flexibility index (Phi) is 3.76. The van der Waals surface area contributed by atoms with Gasteiger partial charge in [0.25, 0.3) is 0 Å². The lowest BCUT2D eigenvalue weighted by Crippen LogP contribution is -1.91. The van der Waals surface area contributed by atoms with Crippen LogP contribution in [0.2, 0.25) is 0 Å². The molecule has 0 aliphatic carbocycles. The summed E-state index contributed by atoms with van der Waals surface area (Å²) < 4.78 is 0.249. The summed E-state index contributed by atoms with van der Waals surface area (Å²) in [6.07, 6.45) is 3.43. The van der Waals surface area contributed by atoms with Crippen LogP contribution >= 0.6 is 23.2 Å². The molecule has 0 radical (unpaired) electrons. The fraction of sp³-hybridized carbons (Fsp3) is 0.300. The maximum atomic E-state index is 5.51. The van der Waals surface area contributed by atoms with E-state index in [1.807, 2.05) is 12.1 Å². The van der Waals surface area contributed by atoms with E-state index in [2.05, 4.69) is 18.8 Å². The minimum absolute atomic E-state index is 0.249. The lowest BCUT2D eigenvalue weighted by molar-refractivity contribution is 0.822. The number of hydrogen-bond acceptors (Lipinski definition) is 1. The minimum atomic E-state index is 0.249. The maximum Gasteiger partial charge on any atom is 0.107 e. The van der Waals surface area contributed by atoms with E-state index in [0.29, 0.717) is 5.92 Å². The summed E-state index contributed by atoms with van der Waals surface area (Å²) in [5.74, 6) is 0.449. The molecule has 0 aromatic carbocycles. The van der Waals surface area contributed by atoms with Gasteiger partial charge in [-0.2, -0.15) is 0 Å². The molecular formula is C10H11Cl2N. The highest BCUT2D eigenvalue weighted by molar-refractivity contribution is 6.57. The second kappa shape index (κ2) is 4.64. The largest absolute Gasteiger partial charge is 0.260 e. The Morgan fingerprint density at radius 2 is 2.08 bits per heavy atom. The van der Waals surface area contributed by atoms with Crippen LogP contribution in [0.1, 0.15) is 31.0 Å². The Balaban J connectivity index is 2.88. The Bertz CT molecular complexity index is 297. The summed E-state index contributed by atoms with van der Waals surface area (Å²) in [5.41, 5.74) is 1.99. The van der Waals surface area contributed by atoms with Crippen molar-refractivity contribution in [2.24, 2.45) is 0 Å². The van der Waals surface area contributed by atoms with Gasteiger partial charge in [0.15, 0.2) is 0 Å². The molecule has 70 valence electrons. The minimum Gasteiger partial charge on any atom is -0.260 e. The lowest BCUT2D eigenvalue weighted by atomic mass is 10.1. The summed E-state index contributed by atoms with van der Waals surface area (Å²) in [5, 5.41) is 0. The van der Waals surface area contributed by atoms with E-state index in [4.69, 9.17) is 23.2 Å². The first-order valence-electron chi connectivity index (χ1n) is 4.08. The zero-order chi connectivity index (χ0) is 9.84. The predicted octanol–water partition coefficient (Wildman–Crippen LogP) is 3.98. The van der Waals surface area contributed by atoms with Gasteiger partial charge in [-0.25, -0.2) is 0 Å². The third kappa shape index (κ3) is 3.37. The van der Waals surface area contributed by atoms with Gasteiger partial charge in [0.1, 0.15) is 4.49 Å². The molecule has 1 heterocycles. The molecule has 0 amide bonds. The second-order valence-corrected chi connectivity index (χ2v) is 4.11. The summed E-state index contributed by atoms with van der Waals surface area (Å²) in [6, 6.07) is 3.93. The van der Waals surface area contributed by atoms with Crippen LogP contribution in [0.25, 0.3) is 6.08 Å². The van der Waals surface area contributed by atoms with E-state index >= 15 is 0 Å². The van der Waals surface area contributed by atoms with Gasteiger partial charge in [-0.3, -0.25) is 4.98 Å². The van der Waals surface area contributed by atoms with Gasteiger partial charge in [0.05, 0.1) is 0 Å². The van der Waals surface area contributed by atoms with E-state index in [-0.39, 0.29) is 4.49 Å². The second-order valence-electron chi connectivity index (χ2n) is 3.11. The summed E-state index contributed by atoms with van der Waals surface area (Å²) >= 11 is 11.0. The highest BCUT2D eigenvalue weighted by Gasteiger charge is 1.99. The molecule has 1 nitrogen and oxygen atoms in total. The number of rotatable bonds is 2. The van der Waals surface area contributed by atoms with Gasteiger partial charge < -0.3 is 0 Å². The molecule has 1 aromatic rings. The van der Waals surface area contributed by atoms with Gasteiger partial charge in [0.2, 0.25) is 0 Å². The fourth-order valence-corrected chi connectivity index (χ4v) is 1.22. The van der Waals surface area contributed by atoms with Gasteiger partial charge >= 0.3 is 0 Å². The standard InChI is InChI=1S/C10H11Cl2N/c1-7(2)9-4-3-8(6-13-9)5-10(11)12/h3-7H,1-2H3. The number of halogens is 2. The molecule has 1 rings (SSSR count). The molecule has 0 N–H and O–H groups in total. The van der Waals surface area contributed by atoms with E-state index < -0.39 is 0 Å². The fourth-order valence-electron chi connectivity index (χ4n) is 0.970. The molecule has 0 unspecified atom stereocenters. The van der Waals surface area contributed by atoms with Crippen LogP contribution in [0.5, 0.6) is 0 Å². The molecule has 0 atom stereocenters. The number of aromatic nitrogens is 1. The first kappa shape index (κ1) is 10.6. The summed E-state index contributed by atoms with van der Waals surface area (Å²) in [6.45, 7) is 4.21. The first-order chi connectivity index (χ1) is 6.09. The Morgan fingerprint density at radius 1 is 1.38 bits per heavy atom. The molecule has 0 saturated heterocycles. The smallest absolute Gasteiger partial charge is 0.107 e. The summed E-state index contributed by atoms with van der Waals surface area (Å²) in [7, 11) is 0.